The van der Waals surface area contributed by atoms with E-state index >= 15 is 0 Å². The number of benzene rings is 1. The van der Waals surface area contributed by atoms with Crippen LogP contribution < -0.4 is 0 Å². The zero-order chi connectivity index (χ0) is 16.6. The van der Waals surface area contributed by atoms with E-state index < -0.39 is 14.2 Å². The minimum atomic E-state index is -1.57. The van der Waals surface area contributed by atoms with Crippen molar-refractivity contribution >= 4 is 19.9 Å². The lowest BCUT2D eigenvalue weighted by Gasteiger charge is -2.12. The zero-order valence-corrected chi connectivity index (χ0v) is 15.0. The van der Waals surface area contributed by atoms with Gasteiger partial charge in [-0.3, -0.25) is 4.79 Å². The molecule has 0 bridgehead atoms. The Bertz CT molecular complexity index is 574. The number of Topliss-reactive ketones (excluding diaryl/α,β-unsaturated/α-hetero) is 1. The second-order valence-electron chi connectivity index (χ2n) is 6.07. The van der Waals surface area contributed by atoms with E-state index in [1.54, 1.807) is 6.92 Å². The van der Waals surface area contributed by atoms with Crippen molar-refractivity contribution in [1.82, 2.24) is 0 Å². The highest BCUT2D eigenvalue weighted by Crippen LogP contribution is 2.10. The van der Waals surface area contributed by atoms with Crippen LogP contribution in [0.15, 0.2) is 35.9 Å². The summed E-state index contributed by atoms with van der Waals surface area (Å²) in [6.07, 6.45) is 1.08. The van der Waals surface area contributed by atoms with Gasteiger partial charge in [0.2, 0.25) is 0 Å². The summed E-state index contributed by atoms with van der Waals surface area (Å²) in [5.41, 5.74) is 4.80. The minimum absolute atomic E-state index is 0.0510. The predicted octanol–water partition coefficient (Wildman–Crippen LogP) is 3.53. The van der Waals surface area contributed by atoms with E-state index in [0.29, 0.717) is 5.57 Å². The molecule has 4 heteroatoms. The first-order valence-corrected chi connectivity index (χ1v) is 10.7. The Morgan fingerprint density at radius 2 is 1.91 bits per heavy atom. The van der Waals surface area contributed by atoms with E-state index in [2.05, 4.69) is 31.1 Å². The SMILES string of the molecule is COCOC(C#C[Si](C)(C)C)C(=O)/C(C)=C/c1ccccc1. The highest BCUT2D eigenvalue weighted by molar-refractivity contribution is 6.83. The molecule has 0 aliphatic heterocycles. The number of carbonyl (C=O) groups excluding carboxylic acids is 1. The molecule has 1 unspecified atom stereocenters. The lowest BCUT2D eigenvalue weighted by molar-refractivity contribution is -0.130. The highest BCUT2D eigenvalue weighted by Gasteiger charge is 2.19. The summed E-state index contributed by atoms with van der Waals surface area (Å²) in [4.78, 5) is 12.5. The van der Waals surface area contributed by atoms with Crippen LogP contribution in [0.4, 0.5) is 0 Å². The molecule has 0 saturated carbocycles. The lowest BCUT2D eigenvalue weighted by Crippen LogP contribution is -2.26. The van der Waals surface area contributed by atoms with Crippen LogP contribution in [0.3, 0.4) is 0 Å². The van der Waals surface area contributed by atoms with Gasteiger partial charge in [-0.25, -0.2) is 0 Å². The largest absolute Gasteiger partial charge is 0.359 e. The van der Waals surface area contributed by atoms with E-state index in [1.807, 2.05) is 36.4 Å². The van der Waals surface area contributed by atoms with Gasteiger partial charge in [0, 0.05) is 7.11 Å². The van der Waals surface area contributed by atoms with Crippen LogP contribution in [0.25, 0.3) is 6.08 Å². The number of carbonyl (C=O) groups is 1. The Morgan fingerprint density at radius 1 is 1.27 bits per heavy atom. The molecule has 3 nitrogen and oxygen atoms in total. The van der Waals surface area contributed by atoms with Gasteiger partial charge in [-0.1, -0.05) is 55.9 Å². The molecule has 1 aromatic rings. The molecule has 0 spiro atoms. The molecule has 22 heavy (non-hydrogen) atoms. The van der Waals surface area contributed by atoms with Gasteiger partial charge in [0.05, 0.1) is 0 Å². The number of rotatable bonds is 6. The molecule has 118 valence electrons. The third kappa shape index (κ3) is 6.86. The van der Waals surface area contributed by atoms with Gasteiger partial charge in [0.25, 0.3) is 0 Å². The summed E-state index contributed by atoms with van der Waals surface area (Å²) >= 11 is 0. The Labute approximate surface area is 134 Å². The highest BCUT2D eigenvalue weighted by atomic mass is 28.3. The quantitative estimate of drug-likeness (QED) is 0.348. The van der Waals surface area contributed by atoms with Crippen LogP contribution in [0.1, 0.15) is 12.5 Å². The first kappa shape index (κ1) is 18.4. The van der Waals surface area contributed by atoms with Gasteiger partial charge in [0.15, 0.2) is 11.9 Å². The van der Waals surface area contributed by atoms with Gasteiger partial charge >= 0.3 is 0 Å². The van der Waals surface area contributed by atoms with Crippen molar-refractivity contribution in [1.29, 1.82) is 0 Å². The maximum Gasteiger partial charge on any atom is 0.199 e. The van der Waals surface area contributed by atoms with Crippen molar-refractivity contribution in [2.75, 3.05) is 13.9 Å². The molecule has 0 fully saturated rings. The molecule has 1 rings (SSSR count). The molecular formula is C18H24O3Si. The van der Waals surface area contributed by atoms with Crippen molar-refractivity contribution in [3.63, 3.8) is 0 Å². The molecule has 0 aromatic heterocycles. The number of hydrogen-bond donors (Lipinski definition) is 0. The van der Waals surface area contributed by atoms with E-state index in [-0.39, 0.29) is 12.6 Å². The summed E-state index contributed by atoms with van der Waals surface area (Å²) in [6, 6.07) is 9.73. The van der Waals surface area contributed by atoms with Crippen LogP contribution in [-0.4, -0.2) is 33.9 Å². The van der Waals surface area contributed by atoms with Crippen LogP contribution >= 0.6 is 0 Å². The first-order chi connectivity index (χ1) is 10.3. The third-order valence-corrected chi connectivity index (χ3v) is 3.63. The van der Waals surface area contributed by atoms with Gasteiger partial charge < -0.3 is 9.47 Å². The fourth-order valence-corrected chi connectivity index (χ4v) is 2.24. The molecule has 0 heterocycles. The van der Waals surface area contributed by atoms with Gasteiger partial charge in [0.1, 0.15) is 14.9 Å². The van der Waals surface area contributed by atoms with E-state index in [1.165, 1.54) is 7.11 Å². The fraction of sp³-hybridized carbons (Fsp3) is 0.389. The van der Waals surface area contributed by atoms with Crippen LogP contribution in [-0.2, 0) is 14.3 Å². The Kier molecular flexibility index (Phi) is 7.26. The van der Waals surface area contributed by atoms with Gasteiger partial charge in [-0.15, -0.1) is 5.54 Å². The summed E-state index contributed by atoms with van der Waals surface area (Å²) in [7, 11) is -0.0397. The summed E-state index contributed by atoms with van der Waals surface area (Å²) < 4.78 is 10.3. The predicted molar refractivity (Wildman–Crippen MR) is 93.0 cm³/mol. The van der Waals surface area contributed by atoms with Crippen molar-refractivity contribution in [3.05, 3.63) is 41.5 Å². The fourth-order valence-electron chi connectivity index (χ4n) is 1.68. The topological polar surface area (TPSA) is 35.5 Å². The van der Waals surface area contributed by atoms with E-state index in [0.717, 1.165) is 5.56 Å². The number of ether oxygens (including phenoxy) is 2. The van der Waals surface area contributed by atoms with E-state index in [9.17, 15) is 4.79 Å². The van der Waals surface area contributed by atoms with Crippen molar-refractivity contribution in [3.8, 4) is 11.5 Å². The molecule has 0 saturated heterocycles. The normalized spacial score (nSPS) is 13.2. The Balaban J connectivity index is 2.95. The average Bonchev–Trinajstić information content (AvgIpc) is 2.46. The van der Waals surface area contributed by atoms with Gasteiger partial charge in [-0.2, -0.15) is 0 Å². The summed E-state index contributed by atoms with van der Waals surface area (Å²) in [5, 5.41) is 0. The standard InChI is InChI=1S/C18H24O3Si/c1-15(13-16-9-7-6-8-10-16)18(19)17(21-14-20-2)11-12-22(3,4)5/h6-10,13,17H,14H2,1-5H3/b15-13+. The Hall–Kier alpha value is -1.67. The van der Waals surface area contributed by atoms with Crippen molar-refractivity contribution in [2.45, 2.75) is 32.7 Å². The molecule has 1 aromatic carbocycles. The lowest BCUT2D eigenvalue weighted by atomic mass is 10.1. The molecular weight excluding hydrogens is 292 g/mol. The molecule has 0 aliphatic rings. The number of methoxy groups -OCH3 is 1. The van der Waals surface area contributed by atoms with Crippen LogP contribution in [0, 0.1) is 11.5 Å². The van der Waals surface area contributed by atoms with Crippen molar-refractivity contribution in [2.24, 2.45) is 0 Å². The Morgan fingerprint density at radius 3 is 2.45 bits per heavy atom. The maximum atomic E-state index is 12.5. The van der Waals surface area contributed by atoms with E-state index in [4.69, 9.17) is 9.47 Å². The van der Waals surface area contributed by atoms with Crippen molar-refractivity contribution < 1.29 is 14.3 Å². The van der Waals surface area contributed by atoms with Crippen LogP contribution in [0.5, 0.6) is 0 Å². The average molecular weight is 316 g/mol. The smallest absolute Gasteiger partial charge is 0.199 e. The summed E-state index contributed by atoms with van der Waals surface area (Å²) in [5.74, 6) is 2.86. The first-order valence-electron chi connectivity index (χ1n) is 7.24. The second kappa shape index (κ2) is 8.69. The molecule has 0 radical (unpaired) electrons. The second-order valence-corrected chi connectivity index (χ2v) is 10.8. The zero-order valence-electron chi connectivity index (χ0n) is 14.0. The summed E-state index contributed by atoms with van der Waals surface area (Å²) in [6.45, 7) is 8.23. The molecule has 0 aliphatic carbocycles. The molecule has 0 N–H and O–H groups in total. The maximum absolute atomic E-state index is 12.5. The molecule has 0 amide bonds. The monoisotopic (exact) mass is 316 g/mol. The minimum Gasteiger partial charge on any atom is -0.359 e. The number of hydrogen-bond acceptors (Lipinski definition) is 3. The third-order valence-electron chi connectivity index (χ3n) is 2.74. The van der Waals surface area contributed by atoms with Crippen LogP contribution in [0.2, 0.25) is 19.6 Å². The molecule has 1 atom stereocenters. The van der Waals surface area contributed by atoms with Gasteiger partial charge in [-0.05, 0) is 24.1 Å². The number of ketones is 1.